The summed E-state index contributed by atoms with van der Waals surface area (Å²) in [6.07, 6.45) is 0.685. The first-order valence-electron chi connectivity index (χ1n) is 11.3. The Hall–Kier alpha value is -3.63. The first-order valence-corrected chi connectivity index (χ1v) is 11.3. The Kier molecular flexibility index (Phi) is 7.75. The van der Waals surface area contributed by atoms with Gasteiger partial charge in [0.2, 0.25) is 11.8 Å². The summed E-state index contributed by atoms with van der Waals surface area (Å²) in [5.74, 6) is -1.03. The Labute approximate surface area is 196 Å². The minimum Gasteiger partial charge on any atom is -0.444 e. The van der Waals surface area contributed by atoms with Gasteiger partial charge in [-0.2, -0.15) is 0 Å². The van der Waals surface area contributed by atoms with E-state index in [1.807, 2.05) is 0 Å². The zero-order valence-electron chi connectivity index (χ0n) is 19.7. The molecule has 1 aliphatic rings. The average Bonchev–Trinajstić information content (AvgIpc) is 2.78. The number of fused-ring (bicyclic) bond motifs is 1. The lowest BCUT2D eigenvalue weighted by molar-refractivity contribution is -0.136. The van der Waals surface area contributed by atoms with Gasteiger partial charge in [0, 0.05) is 26.2 Å². The number of hydrogen-bond donors (Lipinski definition) is 3. The normalized spacial score (nSPS) is 16.2. The number of likely N-dealkylation sites (tertiary alicyclic amines) is 1. The fraction of sp³-hybridized carbons (Fsp3) is 0.522. The fourth-order valence-corrected chi connectivity index (χ4v) is 3.80. The minimum absolute atomic E-state index is 0.199. The molecule has 0 spiro atoms. The van der Waals surface area contributed by atoms with Gasteiger partial charge in [0.15, 0.2) is 0 Å². The zero-order chi connectivity index (χ0) is 24.9. The number of piperidine rings is 1. The van der Waals surface area contributed by atoms with Crippen LogP contribution in [0.4, 0.5) is 4.79 Å². The minimum atomic E-state index is -0.652. The molecule has 3 N–H and O–H groups in total. The summed E-state index contributed by atoms with van der Waals surface area (Å²) in [7, 11) is 0. The van der Waals surface area contributed by atoms with Crippen molar-refractivity contribution >= 4 is 28.8 Å². The van der Waals surface area contributed by atoms with Crippen LogP contribution in [0.1, 0.15) is 33.6 Å². The Morgan fingerprint density at radius 2 is 1.82 bits per heavy atom. The van der Waals surface area contributed by atoms with Gasteiger partial charge in [0.05, 0.1) is 16.8 Å². The molecule has 2 heterocycles. The van der Waals surface area contributed by atoms with Crippen LogP contribution in [0, 0.1) is 5.92 Å². The van der Waals surface area contributed by atoms with Crippen LogP contribution in [0.2, 0.25) is 0 Å². The Balaban J connectivity index is 1.53. The first kappa shape index (κ1) is 25.0. The molecule has 11 nitrogen and oxygen atoms in total. The number of aromatic nitrogens is 2. The molecule has 184 valence electrons. The Bertz CT molecular complexity index is 1180. The highest BCUT2D eigenvalue weighted by Gasteiger charge is 2.29. The third kappa shape index (κ3) is 6.46. The van der Waals surface area contributed by atoms with E-state index < -0.39 is 41.3 Å². The number of alkyl carbamates (subject to hydrolysis) is 1. The number of nitrogens with one attached hydrogen (secondary N) is 3. The van der Waals surface area contributed by atoms with Crippen molar-refractivity contribution in [3.05, 3.63) is 45.1 Å². The number of nitrogens with zero attached hydrogens (tertiary/aromatic N) is 2. The SMILES string of the molecule is CC(C)(C)OC(=O)NCCNC(=O)C1CCCN(C(=O)Cn2c(=O)[nH]c3ccccc3c2=O)C1. The number of aromatic amines is 1. The molecule has 1 atom stereocenters. The number of para-hydroxylation sites is 1. The summed E-state index contributed by atoms with van der Waals surface area (Å²) >= 11 is 0. The zero-order valence-corrected chi connectivity index (χ0v) is 19.7. The topological polar surface area (TPSA) is 143 Å². The second-order valence-corrected chi connectivity index (χ2v) is 9.27. The van der Waals surface area contributed by atoms with Crippen LogP contribution in [0.15, 0.2) is 33.9 Å². The van der Waals surface area contributed by atoms with Crippen molar-refractivity contribution < 1.29 is 19.1 Å². The Morgan fingerprint density at radius 3 is 2.56 bits per heavy atom. The maximum Gasteiger partial charge on any atom is 0.407 e. The molecule has 1 aromatic carbocycles. The van der Waals surface area contributed by atoms with Gasteiger partial charge in [0.25, 0.3) is 5.56 Å². The number of carbonyl (C=O) groups is 3. The van der Waals surface area contributed by atoms with Gasteiger partial charge in [-0.3, -0.25) is 19.0 Å². The summed E-state index contributed by atoms with van der Waals surface area (Å²) < 4.78 is 6.02. The van der Waals surface area contributed by atoms with E-state index in [4.69, 9.17) is 4.74 Å². The molecule has 2 aromatic rings. The molecule has 11 heteroatoms. The van der Waals surface area contributed by atoms with E-state index in [2.05, 4.69) is 15.6 Å². The number of hydrogen-bond acceptors (Lipinski definition) is 6. The van der Waals surface area contributed by atoms with Crippen molar-refractivity contribution in [3.8, 4) is 0 Å². The van der Waals surface area contributed by atoms with Crippen LogP contribution < -0.4 is 21.9 Å². The molecule has 1 saturated heterocycles. The van der Waals surface area contributed by atoms with Crippen LogP contribution >= 0.6 is 0 Å². The predicted molar refractivity (Wildman–Crippen MR) is 125 cm³/mol. The molecule has 1 fully saturated rings. The maximum absolute atomic E-state index is 12.8. The van der Waals surface area contributed by atoms with E-state index in [1.54, 1.807) is 45.0 Å². The number of rotatable bonds is 6. The first-order chi connectivity index (χ1) is 16.0. The lowest BCUT2D eigenvalue weighted by atomic mass is 9.97. The van der Waals surface area contributed by atoms with E-state index in [0.717, 1.165) is 4.57 Å². The second-order valence-electron chi connectivity index (χ2n) is 9.27. The quantitative estimate of drug-likeness (QED) is 0.524. The highest BCUT2D eigenvalue weighted by molar-refractivity contribution is 5.82. The van der Waals surface area contributed by atoms with E-state index in [9.17, 15) is 24.0 Å². The van der Waals surface area contributed by atoms with Gasteiger partial charge >= 0.3 is 11.8 Å². The third-order valence-corrected chi connectivity index (χ3v) is 5.42. The van der Waals surface area contributed by atoms with E-state index in [0.29, 0.717) is 30.3 Å². The van der Waals surface area contributed by atoms with Crippen molar-refractivity contribution in [1.29, 1.82) is 0 Å². The van der Waals surface area contributed by atoms with Gasteiger partial charge in [0.1, 0.15) is 12.1 Å². The number of H-pyrrole nitrogens is 1. The van der Waals surface area contributed by atoms with Gasteiger partial charge < -0.3 is 25.3 Å². The molecule has 1 aromatic heterocycles. The van der Waals surface area contributed by atoms with Crippen LogP contribution in [0.5, 0.6) is 0 Å². The smallest absolute Gasteiger partial charge is 0.407 e. The standard InChI is InChI=1S/C23H31N5O6/c1-23(2,3)34-22(33)25-11-10-24-19(30)15-7-6-12-27(13-15)18(29)14-28-20(31)16-8-4-5-9-17(16)26-21(28)32/h4-5,8-9,15H,6-7,10-14H2,1-3H3,(H,24,30)(H,25,33)(H,26,32). The molecular weight excluding hydrogens is 442 g/mol. The number of ether oxygens (including phenoxy) is 1. The van der Waals surface area contributed by atoms with Crippen molar-refractivity contribution in [2.75, 3.05) is 26.2 Å². The highest BCUT2D eigenvalue weighted by Crippen LogP contribution is 2.17. The lowest BCUT2D eigenvalue weighted by Gasteiger charge is -2.32. The summed E-state index contributed by atoms with van der Waals surface area (Å²) in [4.78, 5) is 66.2. The molecule has 34 heavy (non-hydrogen) atoms. The molecule has 0 bridgehead atoms. The van der Waals surface area contributed by atoms with Gasteiger partial charge in [-0.15, -0.1) is 0 Å². The van der Waals surface area contributed by atoms with Crippen LogP contribution in [-0.4, -0.2) is 64.1 Å². The summed E-state index contributed by atoms with van der Waals surface area (Å²) in [6.45, 7) is 5.97. The maximum atomic E-state index is 12.8. The van der Waals surface area contributed by atoms with E-state index >= 15 is 0 Å². The molecular formula is C23H31N5O6. The summed E-state index contributed by atoms with van der Waals surface area (Å²) in [5, 5.41) is 5.66. The van der Waals surface area contributed by atoms with E-state index in [1.165, 1.54) is 4.90 Å². The number of carbonyl (C=O) groups excluding carboxylic acids is 3. The number of amides is 3. The molecule has 1 aliphatic heterocycles. The second kappa shape index (κ2) is 10.5. The predicted octanol–water partition coefficient (Wildman–Crippen LogP) is 0.569. The molecule has 0 aliphatic carbocycles. The van der Waals surface area contributed by atoms with Crippen molar-refractivity contribution in [2.24, 2.45) is 5.92 Å². The number of benzene rings is 1. The summed E-state index contributed by atoms with van der Waals surface area (Å²) in [6, 6.07) is 6.61. The molecule has 3 amide bonds. The van der Waals surface area contributed by atoms with Crippen molar-refractivity contribution in [1.82, 2.24) is 25.1 Å². The van der Waals surface area contributed by atoms with Crippen LogP contribution in [-0.2, 0) is 20.9 Å². The highest BCUT2D eigenvalue weighted by atomic mass is 16.6. The van der Waals surface area contributed by atoms with Gasteiger partial charge in [-0.05, 0) is 45.7 Å². The van der Waals surface area contributed by atoms with Gasteiger partial charge in [-0.1, -0.05) is 12.1 Å². The Morgan fingerprint density at radius 1 is 1.12 bits per heavy atom. The third-order valence-electron chi connectivity index (χ3n) is 5.42. The average molecular weight is 474 g/mol. The molecule has 3 rings (SSSR count). The lowest BCUT2D eigenvalue weighted by Crippen LogP contribution is -2.49. The largest absolute Gasteiger partial charge is 0.444 e. The fourth-order valence-electron chi connectivity index (χ4n) is 3.80. The summed E-state index contributed by atoms with van der Waals surface area (Å²) in [5.41, 5.74) is -1.37. The van der Waals surface area contributed by atoms with Crippen LogP contribution in [0.25, 0.3) is 10.9 Å². The molecule has 1 unspecified atom stereocenters. The molecule has 0 saturated carbocycles. The molecule has 0 radical (unpaired) electrons. The van der Waals surface area contributed by atoms with Crippen molar-refractivity contribution in [3.63, 3.8) is 0 Å². The van der Waals surface area contributed by atoms with Crippen LogP contribution in [0.3, 0.4) is 0 Å². The van der Waals surface area contributed by atoms with Gasteiger partial charge in [-0.25, -0.2) is 9.59 Å². The van der Waals surface area contributed by atoms with Crippen molar-refractivity contribution in [2.45, 2.75) is 45.8 Å². The monoisotopic (exact) mass is 473 g/mol. The van der Waals surface area contributed by atoms with E-state index in [-0.39, 0.29) is 25.5 Å².